The molecular formula is C14H21N5O3S. The monoisotopic (exact) mass is 339 g/mol. The predicted molar refractivity (Wildman–Crippen MR) is 88.7 cm³/mol. The van der Waals surface area contributed by atoms with E-state index >= 15 is 0 Å². The van der Waals surface area contributed by atoms with E-state index in [-0.39, 0.29) is 16.7 Å². The van der Waals surface area contributed by atoms with Gasteiger partial charge in [0.15, 0.2) is 5.03 Å². The Labute approximate surface area is 138 Å². The van der Waals surface area contributed by atoms with Crippen LogP contribution in [-0.4, -0.2) is 31.7 Å². The Balaban J connectivity index is 1.91. The van der Waals surface area contributed by atoms with Gasteiger partial charge in [-0.15, -0.1) is 0 Å². The summed E-state index contributed by atoms with van der Waals surface area (Å²) in [7, 11) is 2.84. The summed E-state index contributed by atoms with van der Waals surface area (Å²) in [6.45, 7) is 2.21. The molecule has 126 valence electrons. The van der Waals surface area contributed by atoms with Crippen LogP contribution in [0.15, 0.2) is 19.7 Å². The van der Waals surface area contributed by atoms with Crippen LogP contribution >= 0.6 is 11.8 Å². The first-order valence-electron chi connectivity index (χ1n) is 7.50. The number of carbonyl (C=O) groups excluding carboxylic acids is 1. The molecule has 1 heterocycles. The molecule has 0 unspecified atom stereocenters. The average Bonchev–Trinajstić information content (AvgIpc) is 2.54. The fourth-order valence-electron chi connectivity index (χ4n) is 2.27. The normalized spacial score (nSPS) is 17.9. The van der Waals surface area contributed by atoms with Crippen molar-refractivity contribution in [3.05, 3.63) is 20.8 Å². The van der Waals surface area contributed by atoms with Crippen molar-refractivity contribution >= 4 is 23.4 Å². The van der Waals surface area contributed by atoms with E-state index in [0.29, 0.717) is 5.92 Å². The van der Waals surface area contributed by atoms with E-state index in [1.54, 1.807) is 0 Å². The lowest BCUT2D eigenvalue weighted by Crippen LogP contribution is -2.39. The van der Waals surface area contributed by atoms with Gasteiger partial charge in [-0.05, 0) is 31.6 Å². The Morgan fingerprint density at radius 3 is 2.65 bits per heavy atom. The van der Waals surface area contributed by atoms with Crippen molar-refractivity contribution in [2.45, 2.75) is 37.6 Å². The highest BCUT2D eigenvalue weighted by atomic mass is 32.2. The largest absolute Gasteiger partial charge is 0.346 e. The van der Waals surface area contributed by atoms with Crippen molar-refractivity contribution in [3.8, 4) is 0 Å². The summed E-state index contributed by atoms with van der Waals surface area (Å²) in [5.74, 6) is 0.444. The zero-order valence-electron chi connectivity index (χ0n) is 13.5. The molecule has 23 heavy (non-hydrogen) atoms. The van der Waals surface area contributed by atoms with Crippen LogP contribution in [0.2, 0.25) is 0 Å². The maximum atomic E-state index is 11.9. The van der Waals surface area contributed by atoms with Gasteiger partial charge in [-0.1, -0.05) is 18.7 Å². The topological polar surface area (TPSA) is 98.3 Å². The second-order valence-corrected chi connectivity index (χ2v) is 6.72. The third-order valence-electron chi connectivity index (χ3n) is 3.82. The third-order valence-corrected chi connectivity index (χ3v) is 4.76. The molecule has 0 spiro atoms. The molecule has 2 rings (SSSR count). The van der Waals surface area contributed by atoms with E-state index in [0.717, 1.165) is 52.4 Å². The minimum atomic E-state index is -0.501. The van der Waals surface area contributed by atoms with Gasteiger partial charge >= 0.3 is 5.69 Å². The molecule has 1 saturated carbocycles. The first-order valence-corrected chi connectivity index (χ1v) is 8.48. The molecule has 0 atom stereocenters. The maximum absolute atomic E-state index is 11.9. The van der Waals surface area contributed by atoms with Crippen LogP contribution in [0.5, 0.6) is 0 Å². The van der Waals surface area contributed by atoms with Crippen molar-refractivity contribution in [1.82, 2.24) is 19.8 Å². The molecule has 0 aromatic carbocycles. The molecule has 0 aliphatic heterocycles. The van der Waals surface area contributed by atoms with Crippen molar-refractivity contribution in [1.29, 1.82) is 0 Å². The SMILES string of the molecule is CC1CCC(=NNC(=O)CSc2nn(C)c(=O)n(C)c2=O)CC1. The van der Waals surface area contributed by atoms with E-state index in [1.807, 2.05) is 0 Å². The summed E-state index contributed by atoms with van der Waals surface area (Å²) in [5, 5.41) is 8.14. The number of rotatable bonds is 4. The molecule has 1 aromatic heterocycles. The molecule has 0 bridgehead atoms. The first-order chi connectivity index (χ1) is 10.9. The molecule has 1 amide bonds. The number of aromatic nitrogens is 3. The van der Waals surface area contributed by atoms with Gasteiger partial charge in [-0.2, -0.15) is 10.2 Å². The van der Waals surface area contributed by atoms with Gasteiger partial charge in [0.1, 0.15) is 0 Å². The second-order valence-electron chi connectivity index (χ2n) is 5.76. The van der Waals surface area contributed by atoms with Crippen molar-refractivity contribution in [2.75, 3.05) is 5.75 Å². The van der Waals surface area contributed by atoms with E-state index in [2.05, 4.69) is 22.5 Å². The van der Waals surface area contributed by atoms with Crippen molar-refractivity contribution < 1.29 is 4.79 Å². The molecule has 0 saturated heterocycles. The van der Waals surface area contributed by atoms with Crippen LogP contribution in [-0.2, 0) is 18.9 Å². The Morgan fingerprint density at radius 2 is 2.00 bits per heavy atom. The van der Waals surface area contributed by atoms with Crippen LogP contribution in [0, 0.1) is 5.92 Å². The molecular weight excluding hydrogens is 318 g/mol. The van der Waals surface area contributed by atoms with E-state index in [9.17, 15) is 14.4 Å². The summed E-state index contributed by atoms with van der Waals surface area (Å²) < 4.78 is 2.04. The van der Waals surface area contributed by atoms with E-state index < -0.39 is 11.2 Å². The van der Waals surface area contributed by atoms with Gasteiger partial charge in [0.05, 0.1) is 5.75 Å². The number of hydrogen-bond acceptors (Lipinski definition) is 6. The van der Waals surface area contributed by atoms with Crippen LogP contribution in [0.3, 0.4) is 0 Å². The van der Waals surface area contributed by atoms with Crippen LogP contribution in [0.4, 0.5) is 0 Å². The van der Waals surface area contributed by atoms with E-state index in [4.69, 9.17) is 0 Å². The minimum Gasteiger partial charge on any atom is -0.272 e. The molecule has 1 aliphatic rings. The molecule has 1 aliphatic carbocycles. The summed E-state index contributed by atoms with van der Waals surface area (Å²) in [6, 6.07) is 0. The molecule has 0 radical (unpaired) electrons. The van der Waals surface area contributed by atoms with Crippen LogP contribution < -0.4 is 16.7 Å². The zero-order valence-corrected chi connectivity index (χ0v) is 14.4. The number of aryl methyl sites for hydroxylation is 1. The number of thioether (sulfide) groups is 1. The molecule has 1 fully saturated rings. The summed E-state index contributed by atoms with van der Waals surface area (Å²) in [6.07, 6.45) is 4.03. The standard InChI is InChI=1S/C14H21N5O3S/c1-9-4-6-10(7-5-9)15-16-11(20)8-23-12-13(21)18(2)14(22)19(3)17-12/h9H,4-8H2,1-3H3,(H,16,20). The summed E-state index contributed by atoms with van der Waals surface area (Å²) in [4.78, 5) is 35.3. The van der Waals surface area contributed by atoms with Gasteiger partial charge in [-0.3, -0.25) is 14.2 Å². The Morgan fingerprint density at radius 1 is 1.35 bits per heavy atom. The fraction of sp³-hybridized carbons (Fsp3) is 0.643. The average molecular weight is 339 g/mol. The molecule has 9 heteroatoms. The highest BCUT2D eigenvalue weighted by molar-refractivity contribution is 7.99. The van der Waals surface area contributed by atoms with Crippen LogP contribution in [0.25, 0.3) is 0 Å². The smallest absolute Gasteiger partial charge is 0.272 e. The van der Waals surface area contributed by atoms with Gasteiger partial charge in [0, 0.05) is 19.8 Å². The highest BCUT2D eigenvalue weighted by Crippen LogP contribution is 2.21. The summed E-state index contributed by atoms with van der Waals surface area (Å²) >= 11 is 0.994. The zero-order chi connectivity index (χ0) is 17.0. The Bertz CT molecular complexity index is 727. The van der Waals surface area contributed by atoms with Crippen LogP contribution in [0.1, 0.15) is 32.6 Å². The molecule has 1 N–H and O–H groups in total. The predicted octanol–water partition coefficient (Wildman–Crippen LogP) is 0.253. The lowest BCUT2D eigenvalue weighted by molar-refractivity contribution is -0.118. The van der Waals surface area contributed by atoms with Gasteiger partial charge in [0.2, 0.25) is 5.91 Å². The number of hydrazone groups is 1. The Kier molecular flexibility index (Phi) is 5.75. The fourth-order valence-corrected chi connectivity index (χ4v) is 3.05. The lowest BCUT2D eigenvalue weighted by Gasteiger charge is -2.18. The number of carbonyl (C=O) groups is 1. The van der Waals surface area contributed by atoms with Gasteiger partial charge < -0.3 is 0 Å². The quantitative estimate of drug-likeness (QED) is 0.626. The summed E-state index contributed by atoms with van der Waals surface area (Å²) in [5.41, 5.74) is 2.53. The van der Waals surface area contributed by atoms with Gasteiger partial charge in [-0.25, -0.2) is 14.9 Å². The number of nitrogens with zero attached hydrogens (tertiary/aromatic N) is 4. The van der Waals surface area contributed by atoms with Gasteiger partial charge in [0.25, 0.3) is 5.56 Å². The molecule has 8 nitrogen and oxygen atoms in total. The lowest BCUT2D eigenvalue weighted by atomic mass is 9.90. The molecule has 1 aromatic rings. The second kappa shape index (κ2) is 7.58. The minimum absolute atomic E-state index is 0.0215. The van der Waals surface area contributed by atoms with E-state index in [1.165, 1.54) is 14.1 Å². The number of hydrogen-bond donors (Lipinski definition) is 1. The Hall–Kier alpha value is -1.90. The third kappa shape index (κ3) is 4.54. The van der Waals surface area contributed by atoms with Crippen molar-refractivity contribution in [3.63, 3.8) is 0 Å². The number of nitrogens with one attached hydrogen (secondary N) is 1. The first kappa shape index (κ1) is 17.5. The maximum Gasteiger partial charge on any atom is 0.346 e. The van der Waals surface area contributed by atoms with Crippen molar-refractivity contribution in [2.24, 2.45) is 25.1 Å². The highest BCUT2D eigenvalue weighted by Gasteiger charge is 2.14. The number of amides is 1.